The van der Waals surface area contributed by atoms with Crippen LogP contribution in [-0.2, 0) is 4.79 Å². The number of rotatable bonds is 15. The van der Waals surface area contributed by atoms with Gasteiger partial charge in [-0.05, 0) is 39.0 Å². The molecule has 0 rings (SSSR count). The zero-order chi connectivity index (χ0) is 17.7. The Morgan fingerprint density at radius 3 is 2.13 bits per heavy atom. The first-order valence-corrected chi connectivity index (χ1v) is 9.31. The lowest BCUT2D eigenvalue weighted by Gasteiger charge is -2.43. The van der Waals surface area contributed by atoms with E-state index >= 15 is 0 Å². The molecular weight excluding hydrogens is 290 g/mol. The van der Waals surface area contributed by atoms with Gasteiger partial charge in [-0.25, -0.2) is 4.79 Å². The maximum absolute atomic E-state index is 11.6. The number of carboxylic acid groups (broad SMARTS) is 1. The largest absolute Gasteiger partial charge is 0.477 e. The number of carbonyl (C=O) groups is 1. The van der Waals surface area contributed by atoms with E-state index in [0.29, 0.717) is 11.0 Å². The topological polar surface area (TPSA) is 57.5 Å². The molecule has 0 bridgehead atoms. The highest BCUT2D eigenvalue weighted by Gasteiger charge is 2.39. The van der Waals surface area contributed by atoms with Crippen molar-refractivity contribution in [3.8, 4) is 0 Å². The second kappa shape index (κ2) is 12.5. The second-order valence-electron chi connectivity index (χ2n) is 6.80. The van der Waals surface area contributed by atoms with E-state index in [4.69, 9.17) is 0 Å². The summed E-state index contributed by atoms with van der Waals surface area (Å²) in [6.07, 6.45) is 9.33. The van der Waals surface area contributed by atoms with Crippen molar-refractivity contribution < 1.29 is 19.5 Å². The number of aliphatic hydroxyl groups is 1. The molecule has 0 radical (unpaired) electrons. The molecule has 4 nitrogen and oxygen atoms in total. The summed E-state index contributed by atoms with van der Waals surface area (Å²) in [6.45, 7) is 12.0. The van der Waals surface area contributed by atoms with Crippen molar-refractivity contribution in [1.82, 2.24) is 0 Å². The predicted octanol–water partition coefficient (Wildman–Crippen LogP) is 3.98. The number of quaternary nitrogens is 1. The zero-order valence-electron chi connectivity index (χ0n) is 15.5. The molecule has 0 aromatic heterocycles. The molecule has 2 N–H and O–H groups in total. The minimum atomic E-state index is -0.754. The molecule has 0 aliphatic heterocycles. The summed E-state index contributed by atoms with van der Waals surface area (Å²) in [4.78, 5) is 11.6. The van der Waals surface area contributed by atoms with Crippen LogP contribution in [0.15, 0.2) is 12.7 Å². The van der Waals surface area contributed by atoms with Crippen molar-refractivity contribution >= 4 is 5.97 Å². The Morgan fingerprint density at radius 1 is 1.13 bits per heavy atom. The molecule has 2 atom stereocenters. The van der Waals surface area contributed by atoms with Crippen LogP contribution in [0.1, 0.15) is 72.1 Å². The van der Waals surface area contributed by atoms with E-state index < -0.39 is 18.1 Å². The molecule has 23 heavy (non-hydrogen) atoms. The van der Waals surface area contributed by atoms with Crippen LogP contribution in [0.2, 0.25) is 0 Å². The third-order valence-electron chi connectivity index (χ3n) is 4.86. The predicted molar refractivity (Wildman–Crippen MR) is 96.4 cm³/mol. The Labute approximate surface area is 142 Å². The average Bonchev–Trinajstić information content (AvgIpc) is 2.53. The maximum atomic E-state index is 11.6. The van der Waals surface area contributed by atoms with Crippen LogP contribution >= 0.6 is 0 Å². The summed E-state index contributed by atoms with van der Waals surface area (Å²) >= 11 is 0. The fourth-order valence-electron chi connectivity index (χ4n) is 3.20. The second-order valence-corrected chi connectivity index (χ2v) is 6.80. The van der Waals surface area contributed by atoms with Crippen molar-refractivity contribution in [2.75, 3.05) is 19.6 Å². The highest BCUT2D eigenvalue weighted by atomic mass is 16.4. The van der Waals surface area contributed by atoms with E-state index in [2.05, 4.69) is 20.4 Å². The van der Waals surface area contributed by atoms with Crippen LogP contribution in [-0.4, -0.2) is 52.4 Å². The van der Waals surface area contributed by atoms with Gasteiger partial charge >= 0.3 is 5.97 Å². The third kappa shape index (κ3) is 8.52. The van der Waals surface area contributed by atoms with E-state index in [1.54, 1.807) is 6.92 Å². The minimum Gasteiger partial charge on any atom is -0.477 e. The highest BCUT2D eigenvalue weighted by molar-refractivity contribution is 5.71. The molecule has 2 unspecified atom stereocenters. The van der Waals surface area contributed by atoms with Crippen LogP contribution in [0.3, 0.4) is 0 Å². The van der Waals surface area contributed by atoms with Gasteiger partial charge in [0.05, 0.1) is 13.1 Å². The molecule has 0 saturated carbocycles. The van der Waals surface area contributed by atoms with Crippen molar-refractivity contribution in [2.45, 2.75) is 84.3 Å². The van der Waals surface area contributed by atoms with Gasteiger partial charge in [0.15, 0.2) is 6.04 Å². The fraction of sp³-hybridized carbons (Fsp3) is 0.842. The Kier molecular flexibility index (Phi) is 12.1. The molecule has 0 fully saturated rings. The van der Waals surface area contributed by atoms with Gasteiger partial charge in [-0.15, -0.1) is 6.58 Å². The fourth-order valence-corrected chi connectivity index (χ4v) is 3.20. The third-order valence-corrected chi connectivity index (χ3v) is 4.86. The smallest absolute Gasteiger partial charge is 0.362 e. The van der Waals surface area contributed by atoms with Gasteiger partial charge in [0.1, 0.15) is 12.6 Å². The molecule has 136 valence electrons. The van der Waals surface area contributed by atoms with E-state index in [-0.39, 0.29) is 0 Å². The Bertz CT molecular complexity index is 323. The number of hydrogen-bond acceptors (Lipinski definition) is 2. The van der Waals surface area contributed by atoms with Crippen molar-refractivity contribution in [2.24, 2.45) is 0 Å². The number of nitrogens with zero attached hydrogens (tertiary/aromatic N) is 1. The van der Waals surface area contributed by atoms with E-state index in [1.807, 2.05) is 6.08 Å². The van der Waals surface area contributed by atoms with Crippen molar-refractivity contribution in [1.29, 1.82) is 0 Å². The van der Waals surface area contributed by atoms with Crippen LogP contribution in [0.4, 0.5) is 0 Å². The Hall–Kier alpha value is -0.870. The van der Waals surface area contributed by atoms with Gasteiger partial charge in [-0.3, -0.25) is 0 Å². The standard InChI is InChI=1S/C19H37NO3/c1-5-8-11-12-13-18(21)16-20(14-9-6-2,15-10-7-3)17(4)19(22)23/h5,17-18,21H,1,6-16H2,2-4H3/p+1. The van der Waals surface area contributed by atoms with Gasteiger partial charge in [0.25, 0.3) is 0 Å². The summed E-state index contributed by atoms with van der Waals surface area (Å²) < 4.78 is 0.514. The first-order valence-electron chi connectivity index (χ1n) is 9.31. The molecule has 0 aromatic rings. The van der Waals surface area contributed by atoms with Crippen molar-refractivity contribution in [3.63, 3.8) is 0 Å². The molecule has 0 saturated heterocycles. The van der Waals surface area contributed by atoms with Gasteiger partial charge in [-0.1, -0.05) is 39.2 Å². The van der Waals surface area contributed by atoms with Gasteiger partial charge in [0.2, 0.25) is 0 Å². The molecule has 4 heteroatoms. The number of carboxylic acids is 1. The highest BCUT2D eigenvalue weighted by Crippen LogP contribution is 2.21. The quantitative estimate of drug-likeness (QED) is 0.271. The van der Waals surface area contributed by atoms with Crippen LogP contribution < -0.4 is 0 Å². The molecule has 0 amide bonds. The normalized spacial score (nSPS) is 14.4. The van der Waals surface area contributed by atoms with Crippen molar-refractivity contribution in [3.05, 3.63) is 12.7 Å². The number of allylic oxidation sites excluding steroid dienone is 1. The number of unbranched alkanes of at least 4 members (excludes halogenated alkanes) is 4. The van der Waals surface area contributed by atoms with E-state index in [1.165, 1.54) is 0 Å². The molecule has 0 heterocycles. The summed E-state index contributed by atoms with van der Waals surface area (Å²) in [7, 11) is 0. The molecule has 0 aliphatic carbocycles. The lowest BCUT2D eigenvalue weighted by atomic mass is 10.0. The monoisotopic (exact) mass is 328 g/mol. The van der Waals surface area contributed by atoms with Crippen LogP contribution in [0, 0.1) is 0 Å². The summed E-state index contributed by atoms with van der Waals surface area (Å²) in [5, 5.41) is 20.0. The average molecular weight is 329 g/mol. The van der Waals surface area contributed by atoms with Crippen LogP contribution in [0.5, 0.6) is 0 Å². The lowest BCUT2D eigenvalue weighted by Crippen LogP contribution is -2.61. The molecule has 0 aliphatic rings. The molecular formula is C19H38NO3+. The number of aliphatic carboxylic acids is 1. The van der Waals surface area contributed by atoms with Gasteiger partial charge in [-0.2, -0.15) is 0 Å². The summed E-state index contributed by atoms with van der Waals surface area (Å²) in [5.41, 5.74) is 0. The Balaban J connectivity index is 4.95. The summed E-state index contributed by atoms with van der Waals surface area (Å²) in [5.74, 6) is -0.754. The SMILES string of the molecule is C=CCCCCC(O)C[N+](CCCC)(CCCC)C(C)C(=O)O. The van der Waals surface area contributed by atoms with E-state index in [0.717, 1.165) is 64.5 Å². The first-order chi connectivity index (χ1) is 10.9. The van der Waals surface area contributed by atoms with E-state index in [9.17, 15) is 15.0 Å². The van der Waals surface area contributed by atoms with Gasteiger partial charge in [0, 0.05) is 0 Å². The number of hydrogen-bond donors (Lipinski definition) is 2. The van der Waals surface area contributed by atoms with Crippen LogP contribution in [0.25, 0.3) is 0 Å². The van der Waals surface area contributed by atoms with Gasteiger partial charge < -0.3 is 14.7 Å². The molecule has 0 aromatic carbocycles. The summed E-state index contributed by atoms with van der Waals surface area (Å²) in [6, 6.07) is -0.462. The Morgan fingerprint density at radius 2 is 1.70 bits per heavy atom. The lowest BCUT2D eigenvalue weighted by molar-refractivity contribution is -0.944. The first kappa shape index (κ1) is 22.1. The number of aliphatic hydroxyl groups excluding tert-OH is 1. The molecule has 0 spiro atoms. The zero-order valence-corrected chi connectivity index (χ0v) is 15.5. The minimum absolute atomic E-state index is 0.421. The maximum Gasteiger partial charge on any atom is 0.362 e.